The predicted octanol–water partition coefficient (Wildman–Crippen LogP) is -0.897. The van der Waals surface area contributed by atoms with E-state index in [0.29, 0.717) is 0 Å². The summed E-state index contributed by atoms with van der Waals surface area (Å²) in [6, 6.07) is 0. The maximum atomic E-state index is 11.3. The molecule has 0 radical (unpaired) electrons. The van der Waals surface area contributed by atoms with Gasteiger partial charge in [0.15, 0.2) is 24.2 Å². The molecule has 0 aromatic heterocycles. The third-order valence-corrected chi connectivity index (χ3v) is 6.76. The summed E-state index contributed by atoms with van der Waals surface area (Å²) >= 11 is -1.76. The predicted molar refractivity (Wildman–Crippen MR) is 111 cm³/mol. The Kier molecular flexibility index (Phi) is 8.02. The zero-order chi connectivity index (χ0) is 24.8. The SMILES string of the molecule is CO[C@H]1OC(CO)[C@@H](O)[C@@H]2OC(C)(C)OC12.CO[C@H]1OC2COS(=O)O[C@H]2[C@@H]2OC(C)(C)OC12. The standard InChI is InChI=1S/C10H16O7S.C10H18O6/c1-10(2)15-7-6-5(4-13-18(11)17-6)14-9(12-3)8(7)16-10;1-10(2)15-7-6(12)5(4-11)14-9(13-3)8(7)16-10/h5-9H,4H2,1-3H3;5-9,11-12H,4H2,1-3H3/t5?,6-,7+,8?,9+,18?;5?,6-,7+,8?,9+/m11/s1. The monoisotopic (exact) mass is 514 g/mol. The summed E-state index contributed by atoms with van der Waals surface area (Å²) in [5, 5.41) is 19.0. The topological polar surface area (TPSA) is 150 Å². The fourth-order valence-electron chi connectivity index (χ4n) is 4.68. The van der Waals surface area contributed by atoms with Gasteiger partial charge in [-0.05, 0) is 27.7 Å². The van der Waals surface area contributed by atoms with Crippen LogP contribution in [0.2, 0.25) is 0 Å². The van der Waals surface area contributed by atoms with Crippen LogP contribution in [0.25, 0.3) is 0 Å². The number of hydrogen-bond acceptors (Lipinski definition) is 13. The average molecular weight is 515 g/mol. The van der Waals surface area contributed by atoms with Gasteiger partial charge in [0, 0.05) is 14.2 Å². The minimum atomic E-state index is -1.76. The first-order valence-electron chi connectivity index (χ1n) is 11.1. The van der Waals surface area contributed by atoms with Crippen LogP contribution in [0.3, 0.4) is 0 Å². The molecule has 34 heavy (non-hydrogen) atoms. The smallest absolute Gasteiger partial charge is 0.305 e. The minimum absolute atomic E-state index is 0.185. The molecule has 2 N–H and O–H groups in total. The van der Waals surface area contributed by atoms with Gasteiger partial charge in [-0.1, -0.05) is 0 Å². The molecule has 13 nitrogen and oxygen atoms in total. The van der Waals surface area contributed by atoms with Crippen molar-refractivity contribution in [1.29, 1.82) is 0 Å². The highest BCUT2D eigenvalue weighted by Gasteiger charge is 2.58. The van der Waals surface area contributed by atoms with E-state index in [2.05, 4.69) is 0 Å². The molecule has 14 heteroatoms. The Hall–Kier alpha value is -0.330. The van der Waals surface area contributed by atoms with Gasteiger partial charge in [-0.2, -0.15) is 4.21 Å². The molecule has 5 fully saturated rings. The van der Waals surface area contributed by atoms with Crippen LogP contribution in [0, 0.1) is 0 Å². The van der Waals surface area contributed by atoms with Gasteiger partial charge < -0.3 is 48.1 Å². The Balaban J connectivity index is 0.000000162. The zero-order valence-corrected chi connectivity index (χ0v) is 20.8. The highest BCUT2D eigenvalue weighted by molar-refractivity contribution is 7.75. The zero-order valence-electron chi connectivity index (χ0n) is 20.0. The van der Waals surface area contributed by atoms with E-state index in [1.807, 2.05) is 13.8 Å². The molecule has 5 saturated heterocycles. The highest BCUT2D eigenvalue weighted by atomic mass is 32.2. The lowest BCUT2D eigenvalue weighted by Gasteiger charge is -2.42. The molecule has 11 atom stereocenters. The van der Waals surface area contributed by atoms with Crippen LogP contribution in [0.15, 0.2) is 0 Å². The van der Waals surface area contributed by atoms with E-state index in [4.69, 9.17) is 51.4 Å². The van der Waals surface area contributed by atoms with E-state index in [-0.39, 0.29) is 25.4 Å². The Morgan fingerprint density at radius 1 is 0.853 bits per heavy atom. The quantitative estimate of drug-likeness (QED) is 0.479. The van der Waals surface area contributed by atoms with Gasteiger partial charge in [0.25, 0.3) is 0 Å². The van der Waals surface area contributed by atoms with E-state index in [9.17, 15) is 9.32 Å². The Labute approximate surface area is 200 Å². The molecular formula is C20H34O13S. The molecule has 0 aliphatic carbocycles. The van der Waals surface area contributed by atoms with Gasteiger partial charge in [-0.15, -0.1) is 0 Å². The van der Waals surface area contributed by atoms with Crippen LogP contribution in [-0.4, -0.2) is 115 Å². The highest BCUT2D eigenvalue weighted by Crippen LogP contribution is 2.40. The summed E-state index contributed by atoms with van der Waals surface area (Å²) in [5.41, 5.74) is 0. The molecule has 5 rings (SSSR count). The van der Waals surface area contributed by atoms with E-state index in [0.717, 1.165) is 0 Å². The van der Waals surface area contributed by atoms with Crippen LogP contribution in [0.5, 0.6) is 0 Å². The van der Waals surface area contributed by atoms with Crippen molar-refractivity contribution >= 4 is 11.4 Å². The number of methoxy groups -OCH3 is 2. The molecule has 5 aliphatic heterocycles. The van der Waals surface area contributed by atoms with Crippen molar-refractivity contribution < 1.29 is 60.7 Å². The molecule has 0 bridgehead atoms. The van der Waals surface area contributed by atoms with E-state index in [1.54, 1.807) is 21.0 Å². The lowest BCUT2D eigenvalue weighted by Crippen LogP contribution is -2.60. The number of aliphatic hydroxyl groups excluding tert-OH is 2. The van der Waals surface area contributed by atoms with Crippen molar-refractivity contribution in [2.45, 2.75) is 101 Å². The van der Waals surface area contributed by atoms with Gasteiger partial charge in [0.05, 0.1) is 13.2 Å². The van der Waals surface area contributed by atoms with Gasteiger partial charge in [0.1, 0.15) is 48.8 Å². The van der Waals surface area contributed by atoms with Crippen molar-refractivity contribution in [2.24, 2.45) is 0 Å². The van der Waals surface area contributed by atoms with Crippen molar-refractivity contribution in [3.8, 4) is 0 Å². The Morgan fingerprint density at radius 3 is 1.97 bits per heavy atom. The van der Waals surface area contributed by atoms with E-state index < -0.39 is 72.1 Å². The van der Waals surface area contributed by atoms with Gasteiger partial charge in [-0.25, -0.2) is 0 Å². The average Bonchev–Trinajstić information content (AvgIpc) is 3.29. The minimum Gasteiger partial charge on any atom is -0.394 e. The summed E-state index contributed by atoms with van der Waals surface area (Å²) in [5.74, 6) is -1.52. The molecule has 0 aromatic rings. The fourth-order valence-corrected chi connectivity index (χ4v) is 5.39. The summed E-state index contributed by atoms with van der Waals surface area (Å²) in [6.45, 7) is 7.04. The van der Waals surface area contributed by atoms with Crippen LogP contribution < -0.4 is 0 Å². The third kappa shape index (κ3) is 5.34. The second-order valence-electron chi connectivity index (χ2n) is 9.41. The summed E-state index contributed by atoms with van der Waals surface area (Å²) < 4.78 is 65.7. The summed E-state index contributed by atoms with van der Waals surface area (Å²) in [6.07, 6.45) is -5.43. The maximum absolute atomic E-state index is 11.3. The normalized spacial score (nSPS) is 48.8. The van der Waals surface area contributed by atoms with Gasteiger partial charge in [0.2, 0.25) is 0 Å². The van der Waals surface area contributed by atoms with Gasteiger partial charge >= 0.3 is 11.4 Å². The molecule has 5 heterocycles. The molecule has 0 saturated carbocycles. The molecule has 5 aliphatic rings. The maximum Gasteiger partial charge on any atom is 0.305 e. The number of aliphatic hydroxyl groups is 2. The summed E-state index contributed by atoms with van der Waals surface area (Å²) in [4.78, 5) is 0. The van der Waals surface area contributed by atoms with Crippen LogP contribution in [0.4, 0.5) is 0 Å². The van der Waals surface area contributed by atoms with Crippen molar-refractivity contribution in [1.82, 2.24) is 0 Å². The lowest BCUT2D eigenvalue weighted by molar-refractivity contribution is -0.272. The summed E-state index contributed by atoms with van der Waals surface area (Å²) in [7, 11) is 3.03. The number of rotatable bonds is 3. The number of fused-ring (bicyclic) bond motifs is 4. The second kappa shape index (κ2) is 10.2. The van der Waals surface area contributed by atoms with E-state index >= 15 is 0 Å². The van der Waals surface area contributed by atoms with E-state index in [1.165, 1.54) is 7.11 Å². The first kappa shape index (κ1) is 26.7. The molecule has 0 amide bonds. The Bertz CT molecular complexity index is 735. The molecular weight excluding hydrogens is 480 g/mol. The van der Waals surface area contributed by atoms with Crippen molar-refractivity contribution in [3.63, 3.8) is 0 Å². The first-order valence-corrected chi connectivity index (χ1v) is 12.1. The lowest BCUT2D eigenvalue weighted by atomic mass is 9.99. The second-order valence-corrected chi connectivity index (χ2v) is 10.2. The largest absolute Gasteiger partial charge is 0.394 e. The fraction of sp³-hybridized carbons (Fsp3) is 1.00. The van der Waals surface area contributed by atoms with Crippen LogP contribution >= 0.6 is 0 Å². The van der Waals surface area contributed by atoms with Crippen LogP contribution in [-0.2, 0) is 57.6 Å². The molecule has 0 aromatic carbocycles. The number of hydrogen-bond donors (Lipinski definition) is 2. The molecule has 198 valence electrons. The molecule has 0 spiro atoms. The number of ether oxygens (including phenoxy) is 8. The third-order valence-electron chi connectivity index (χ3n) is 6.05. The molecule has 5 unspecified atom stereocenters. The first-order chi connectivity index (χ1) is 16.0. The van der Waals surface area contributed by atoms with Crippen molar-refractivity contribution in [3.05, 3.63) is 0 Å². The Morgan fingerprint density at radius 2 is 1.38 bits per heavy atom. The van der Waals surface area contributed by atoms with Crippen LogP contribution in [0.1, 0.15) is 27.7 Å². The van der Waals surface area contributed by atoms with Gasteiger partial charge in [-0.3, -0.25) is 8.37 Å². The van der Waals surface area contributed by atoms with Crippen molar-refractivity contribution in [2.75, 3.05) is 27.4 Å².